The molecule has 1 N–H and O–H groups in total. The van der Waals surface area contributed by atoms with Crippen molar-refractivity contribution in [3.8, 4) is 11.3 Å². The fourth-order valence-corrected chi connectivity index (χ4v) is 4.41. The van der Waals surface area contributed by atoms with E-state index in [-0.39, 0.29) is 5.91 Å². The summed E-state index contributed by atoms with van der Waals surface area (Å²) in [6.45, 7) is 4.01. The summed E-state index contributed by atoms with van der Waals surface area (Å²) in [5.74, 6) is 0.894. The van der Waals surface area contributed by atoms with E-state index in [4.69, 9.17) is 27.6 Å². The third kappa shape index (κ3) is 4.52. The highest BCUT2D eigenvalue weighted by atomic mass is 79.9. The second kappa shape index (κ2) is 8.63. The van der Waals surface area contributed by atoms with Gasteiger partial charge in [-0.2, -0.15) is 0 Å². The van der Waals surface area contributed by atoms with Gasteiger partial charge in [-0.25, -0.2) is 4.99 Å². The number of amidine groups is 1. The van der Waals surface area contributed by atoms with E-state index < -0.39 is 0 Å². The molecule has 0 unspecified atom stereocenters. The second-order valence-electron chi connectivity index (χ2n) is 6.70. The van der Waals surface area contributed by atoms with Crippen LogP contribution in [0, 0.1) is 13.8 Å². The molecule has 0 aliphatic carbocycles. The Hall–Kier alpha value is -1.99. The van der Waals surface area contributed by atoms with Crippen LogP contribution in [-0.4, -0.2) is 11.1 Å². The van der Waals surface area contributed by atoms with E-state index in [1.54, 1.807) is 36.4 Å². The Kier molecular flexibility index (Phi) is 6.11. The average molecular weight is 522 g/mol. The van der Waals surface area contributed by atoms with Gasteiger partial charge < -0.3 is 9.73 Å². The van der Waals surface area contributed by atoms with Crippen LogP contribution in [0.3, 0.4) is 0 Å². The number of hydrogen-bond donors (Lipinski definition) is 1. The highest BCUT2D eigenvalue weighted by Crippen LogP contribution is 2.34. The molecule has 1 amide bonds. The van der Waals surface area contributed by atoms with Gasteiger partial charge in [0.15, 0.2) is 5.17 Å². The van der Waals surface area contributed by atoms with Gasteiger partial charge in [0, 0.05) is 21.1 Å². The minimum Gasteiger partial charge on any atom is -0.457 e. The number of aliphatic imine (C=N–C) groups is 1. The van der Waals surface area contributed by atoms with Crippen LogP contribution in [0.25, 0.3) is 17.4 Å². The Balaban J connectivity index is 1.58. The van der Waals surface area contributed by atoms with Crippen LogP contribution in [0.4, 0.5) is 5.69 Å². The van der Waals surface area contributed by atoms with E-state index >= 15 is 0 Å². The molecule has 2 aromatic carbocycles. The zero-order chi connectivity index (χ0) is 21.4. The first-order chi connectivity index (χ1) is 14.3. The molecule has 3 aromatic rings. The van der Waals surface area contributed by atoms with Crippen molar-refractivity contribution in [3.63, 3.8) is 0 Å². The van der Waals surface area contributed by atoms with Crippen LogP contribution in [0.1, 0.15) is 16.9 Å². The maximum absolute atomic E-state index is 12.4. The van der Waals surface area contributed by atoms with Crippen molar-refractivity contribution >= 4 is 73.7 Å². The van der Waals surface area contributed by atoms with Crippen molar-refractivity contribution in [2.45, 2.75) is 13.8 Å². The van der Waals surface area contributed by atoms with Crippen molar-refractivity contribution in [2.75, 3.05) is 0 Å². The SMILES string of the molecule is Cc1cc(N=C2NC(=O)/C(=C/c3ccc(-c4cc(Cl)ccc4Cl)o3)S2)cc(C)c1Br. The number of aryl methyl sites for hydroxylation is 2. The van der Waals surface area contributed by atoms with E-state index in [1.165, 1.54) is 11.8 Å². The lowest BCUT2D eigenvalue weighted by Crippen LogP contribution is -2.19. The number of thioether (sulfide) groups is 1. The molecule has 4 rings (SSSR count). The highest BCUT2D eigenvalue weighted by Gasteiger charge is 2.24. The lowest BCUT2D eigenvalue weighted by atomic mass is 10.1. The number of nitrogens with one attached hydrogen (secondary N) is 1. The minimum atomic E-state index is -0.219. The monoisotopic (exact) mass is 520 g/mol. The van der Waals surface area contributed by atoms with Crippen molar-refractivity contribution in [1.82, 2.24) is 5.32 Å². The fourth-order valence-electron chi connectivity index (χ4n) is 2.98. The smallest absolute Gasteiger partial charge is 0.264 e. The molecule has 1 aromatic heterocycles. The Morgan fingerprint density at radius 2 is 1.83 bits per heavy atom. The molecular weight excluding hydrogens is 507 g/mol. The standard InChI is InChI=1S/C22H15BrCl2N2O2S/c1-11-7-14(8-12(2)20(11)23)26-22-27-21(28)19(30-22)10-15-4-6-18(29-15)16-9-13(24)3-5-17(16)25/h3-10H,1-2H3,(H,26,27,28)/b19-10-. The fraction of sp³-hybridized carbons (Fsp3) is 0.0909. The number of carbonyl (C=O) groups is 1. The lowest BCUT2D eigenvalue weighted by molar-refractivity contribution is -0.115. The minimum absolute atomic E-state index is 0.219. The predicted octanol–water partition coefficient (Wildman–Crippen LogP) is 7.52. The lowest BCUT2D eigenvalue weighted by Gasteiger charge is -2.04. The number of hydrogen-bond acceptors (Lipinski definition) is 4. The normalized spacial score (nSPS) is 16.5. The number of nitrogens with zero attached hydrogens (tertiary/aromatic N) is 1. The quantitative estimate of drug-likeness (QED) is 0.362. The number of carbonyl (C=O) groups excluding carboxylic acids is 1. The molecule has 4 nitrogen and oxygen atoms in total. The van der Waals surface area contributed by atoms with Crippen LogP contribution >= 0.6 is 50.9 Å². The van der Waals surface area contributed by atoms with Crippen molar-refractivity contribution < 1.29 is 9.21 Å². The number of rotatable bonds is 3. The molecule has 0 atom stereocenters. The molecule has 1 aliphatic rings. The Morgan fingerprint density at radius 1 is 1.10 bits per heavy atom. The molecule has 2 heterocycles. The van der Waals surface area contributed by atoms with E-state index in [9.17, 15) is 4.79 Å². The van der Waals surface area contributed by atoms with Crippen molar-refractivity contribution in [2.24, 2.45) is 4.99 Å². The largest absolute Gasteiger partial charge is 0.457 e. The number of furan rings is 1. The molecule has 1 aliphatic heterocycles. The first kappa shape index (κ1) is 21.2. The van der Waals surface area contributed by atoms with Crippen molar-refractivity contribution in [3.05, 3.63) is 78.8 Å². The summed E-state index contributed by atoms with van der Waals surface area (Å²) in [6.07, 6.45) is 1.68. The summed E-state index contributed by atoms with van der Waals surface area (Å²) < 4.78 is 6.91. The molecule has 0 spiro atoms. The topological polar surface area (TPSA) is 54.6 Å². The Morgan fingerprint density at radius 3 is 2.57 bits per heavy atom. The maximum Gasteiger partial charge on any atom is 0.264 e. The summed E-state index contributed by atoms with van der Waals surface area (Å²) in [5.41, 5.74) is 3.65. The van der Waals surface area contributed by atoms with E-state index in [1.807, 2.05) is 26.0 Å². The molecule has 30 heavy (non-hydrogen) atoms. The Bertz CT molecular complexity index is 1210. The van der Waals surface area contributed by atoms with E-state index in [0.29, 0.717) is 37.2 Å². The molecular formula is C22H15BrCl2N2O2S. The van der Waals surface area contributed by atoms with Crippen LogP contribution < -0.4 is 5.32 Å². The number of benzene rings is 2. The summed E-state index contributed by atoms with van der Waals surface area (Å²) in [7, 11) is 0. The van der Waals surface area contributed by atoms with Gasteiger partial charge in [0.2, 0.25) is 0 Å². The van der Waals surface area contributed by atoms with Crippen LogP contribution in [0.15, 0.2) is 61.3 Å². The number of halogens is 3. The highest BCUT2D eigenvalue weighted by molar-refractivity contribution is 9.10. The van der Waals surface area contributed by atoms with E-state index in [0.717, 1.165) is 21.3 Å². The molecule has 8 heteroatoms. The zero-order valence-electron chi connectivity index (χ0n) is 15.9. The van der Waals surface area contributed by atoms with Gasteiger partial charge in [-0.3, -0.25) is 4.79 Å². The van der Waals surface area contributed by atoms with Gasteiger partial charge in [-0.05, 0) is 79.2 Å². The Labute approximate surface area is 196 Å². The van der Waals surface area contributed by atoms with Crippen molar-refractivity contribution in [1.29, 1.82) is 0 Å². The molecule has 1 saturated heterocycles. The molecule has 0 bridgehead atoms. The van der Waals surface area contributed by atoms with Crippen LogP contribution in [0.2, 0.25) is 10.0 Å². The third-order valence-electron chi connectivity index (χ3n) is 4.40. The molecule has 0 radical (unpaired) electrons. The predicted molar refractivity (Wildman–Crippen MR) is 129 cm³/mol. The van der Waals surface area contributed by atoms with Gasteiger partial charge >= 0.3 is 0 Å². The molecule has 1 fully saturated rings. The second-order valence-corrected chi connectivity index (χ2v) is 9.37. The first-order valence-corrected chi connectivity index (χ1v) is 11.3. The molecule has 0 saturated carbocycles. The zero-order valence-corrected chi connectivity index (χ0v) is 19.8. The summed E-state index contributed by atoms with van der Waals surface area (Å²) in [4.78, 5) is 17.4. The van der Waals surface area contributed by atoms with E-state index in [2.05, 4.69) is 26.2 Å². The first-order valence-electron chi connectivity index (χ1n) is 8.92. The van der Waals surface area contributed by atoms with Gasteiger partial charge in [0.05, 0.1) is 15.6 Å². The maximum atomic E-state index is 12.4. The molecule has 152 valence electrons. The summed E-state index contributed by atoms with van der Waals surface area (Å²) >= 11 is 17.1. The average Bonchev–Trinajstić information content (AvgIpc) is 3.28. The summed E-state index contributed by atoms with van der Waals surface area (Å²) in [5, 5.41) is 4.42. The van der Waals surface area contributed by atoms with Gasteiger partial charge in [0.1, 0.15) is 11.5 Å². The number of amides is 1. The van der Waals surface area contributed by atoms with Gasteiger partial charge in [-0.15, -0.1) is 0 Å². The summed E-state index contributed by atoms with van der Waals surface area (Å²) in [6, 6.07) is 12.7. The van der Waals surface area contributed by atoms with Gasteiger partial charge in [0.25, 0.3) is 5.91 Å². The van der Waals surface area contributed by atoms with Crippen LogP contribution in [-0.2, 0) is 4.79 Å². The van der Waals surface area contributed by atoms with Crippen LogP contribution in [0.5, 0.6) is 0 Å². The third-order valence-corrected chi connectivity index (χ3v) is 7.12. The van der Waals surface area contributed by atoms with Gasteiger partial charge in [-0.1, -0.05) is 39.1 Å².